The number of aromatic nitrogens is 2. The van der Waals surface area contributed by atoms with E-state index in [0.717, 1.165) is 17.7 Å². The van der Waals surface area contributed by atoms with E-state index < -0.39 is 11.7 Å². The number of hydrogen-bond acceptors (Lipinski definition) is 4. The van der Waals surface area contributed by atoms with Crippen LogP contribution in [0.2, 0.25) is 0 Å². The molecular weight excluding hydrogens is 295 g/mol. The number of aliphatic imine (C=N–C) groups is 1. The standard InChI is InChI=1S/C15H14F3N3O/c1-9(2)8-12(19-3)14-20-13(21-22-14)10-4-6-11(7-5-10)15(16,17)18/h4-8H,1-3H3. The van der Waals surface area contributed by atoms with Crippen molar-refractivity contribution in [2.75, 3.05) is 7.05 Å². The molecule has 0 fully saturated rings. The number of benzene rings is 1. The third-order valence-electron chi connectivity index (χ3n) is 2.78. The average Bonchev–Trinajstić information content (AvgIpc) is 2.93. The average molecular weight is 309 g/mol. The summed E-state index contributed by atoms with van der Waals surface area (Å²) in [6, 6.07) is 4.58. The van der Waals surface area contributed by atoms with Gasteiger partial charge in [-0.25, -0.2) is 0 Å². The van der Waals surface area contributed by atoms with Crippen LogP contribution in [0.25, 0.3) is 11.4 Å². The molecule has 0 aliphatic carbocycles. The molecule has 0 N–H and O–H groups in total. The minimum Gasteiger partial charge on any atom is -0.332 e. The fourth-order valence-electron chi connectivity index (χ4n) is 1.75. The molecule has 7 heteroatoms. The van der Waals surface area contributed by atoms with Gasteiger partial charge in [0.1, 0.15) is 5.71 Å². The van der Waals surface area contributed by atoms with Crippen LogP contribution in [0.15, 0.2) is 45.4 Å². The van der Waals surface area contributed by atoms with Gasteiger partial charge in [0.25, 0.3) is 5.89 Å². The molecular formula is C15H14F3N3O. The summed E-state index contributed by atoms with van der Waals surface area (Å²) in [6.07, 6.45) is -2.59. The molecule has 0 atom stereocenters. The zero-order valence-corrected chi connectivity index (χ0v) is 12.3. The number of rotatable bonds is 3. The summed E-state index contributed by atoms with van der Waals surface area (Å²) in [5.41, 5.74) is 1.25. The van der Waals surface area contributed by atoms with Gasteiger partial charge < -0.3 is 4.52 Å². The molecule has 0 aliphatic rings. The summed E-state index contributed by atoms with van der Waals surface area (Å²) in [6.45, 7) is 3.80. The molecule has 0 spiro atoms. The zero-order chi connectivity index (χ0) is 16.3. The molecule has 1 aromatic carbocycles. The van der Waals surface area contributed by atoms with Crippen LogP contribution in [0.5, 0.6) is 0 Å². The van der Waals surface area contributed by atoms with Crippen molar-refractivity contribution < 1.29 is 17.7 Å². The molecule has 4 nitrogen and oxygen atoms in total. The van der Waals surface area contributed by atoms with Crippen LogP contribution in [-0.2, 0) is 6.18 Å². The van der Waals surface area contributed by atoms with Gasteiger partial charge in [0.15, 0.2) is 0 Å². The maximum atomic E-state index is 12.5. The highest BCUT2D eigenvalue weighted by Crippen LogP contribution is 2.30. The summed E-state index contributed by atoms with van der Waals surface area (Å²) in [5.74, 6) is 0.436. The van der Waals surface area contributed by atoms with Crippen LogP contribution in [0, 0.1) is 0 Å². The van der Waals surface area contributed by atoms with Crippen molar-refractivity contribution in [3.05, 3.63) is 47.4 Å². The van der Waals surface area contributed by atoms with Crippen molar-refractivity contribution in [2.45, 2.75) is 20.0 Å². The van der Waals surface area contributed by atoms with Crippen LogP contribution >= 0.6 is 0 Å². The minimum atomic E-state index is -4.37. The Bertz CT molecular complexity index is 708. The second kappa shape index (κ2) is 6.13. The molecule has 0 bridgehead atoms. The van der Waals surface area contributed by atoms with Crippen LogP contribution in [0.3, 0.4) is 0 Å². The van der Waals surface area contributed by atoms with Crippen LogP contribution < -0.4 is 0 Å². The second-order valence-corrected chi connectivity index (χ2v) is 4.83. The predicted octanol–water partition coefficient (Wildman–Crippen LogP) is 4.14. The number of nitrogens with zero attached hydrogens (tertiary/aromatic N) is 3. The predicted molar refractivity (Wildman–Crippen MR) is 76.6 cm³/mol. The van der Waals surface area contributed by atoms with Crippen molar-refractivity contribution in [1.29, 1.82) is 0 Å². The molecule has 1 heterocycles. The molecule has 116 valence electrons. The lowest BCUT2D eigenvalue weighted by Gasteiger charge is -2.05. The lowest BCUT2D eigenvalue weighted by atomic mass is 10.1. The highest BCUT2D eigenvalue weighted by molar-refractivity contribution is 6.05. The molecule has 0 radical (unpaired) electrons. The van der Waals surface area contributed by atoms with Crippen molar-refractivity contribution in [3.8, 4) is 11.4 Å². The topological polar surface area (TPSA) is 51.3 Å². The summed E-state index contributed by atoms with van der Waals surface area (Å²) < 4.78 is 42.7. The van der Waals surface area contributed by atoms with Crippen LogP contribution in [-0.4, -0.2) is 22.9 Å². The van der Waals surface area contributed by atoms with E-state index >= 15 is 0 Å². The van der Waals surface area contributed by atoms with Gasteiger partial charge in [0.05, 0.1) is 5.56 Å². The number of halogens is 3. The van der Waals surface area contributed by atoms with E-state index in [1.807, 2.05) is 13.8 Å². The van der Waals surface area contributed by atoms with Gasteiger partial charge in [-0.05, 0) is 32.1 Å². The SMILES string of the molecule is CN=C(C=C(C)C)c1nc(-c2ccc(C(F)(F)F)cc2)no1. The van der Waals surface area contributed by atoms with E-state index in [4.69, 9.17) is 4.52 Å². The van der Waals surface area contributed by atoms with Crippen molar-refractivity contribution in [2.24, 2.45) is 4.99 Å². The van der Waals surface area contributed by atoms with Gasteiger partial charge in [-0.15, -0.1) is 0 Å². The van der Waals surface area contributed by atoms with Crippen molar-refractivity contribution in [1.82, 2.24) is 10.1 Å². The van der Waals surface area contributed by atoms with E-state index in [-0.39, 0.29) is 11.7 Å². The van der Waals surface area contributed by atoms with E-state index in [2.05, 4.69) is 15.1 Å². The van der Waals surface area contributed by atoms with E-state index in [1.165, 1.54) is 12.1 Å². The highest BCUT2D eigenvalue weighted by Gasteiger charge is 2.30. The summed E-state index contributed by atoms with van der Waals surface area (Å²) >= 11 is 0. The first-order valence-corrected chi connectivity index (χ1v) is 6.44. The summed E-state index contributed by atoms with van der Waals surface area (Å²) in [4.78, 5) is 8.21. The molecule has 0 saturated heterocycles. The molecule has 0 aliphatic heterocycles. The highest BCUT2D eigenvalue weighted by atomic mass is 19.4. The van der Waals surface area contributed by atoms with Gasteiger partial charge in [-0.2, -0.15) is 18.2 Å². The molecule has 22 heavy (non-hydrogen) atoms. The number of alkyl halides is 3. The first-order valence-electron chi connectivity index (χ1n) is 6.44. The van der Waals surface area contributed by atoms with Gasteiger partial charge in [0, 0.05) is 12.6 Å². The quantitative estimate of drug-likeness (QED) is 0.801. The fraction of sp³-hybridized carbons (Fsp3) is 0.267. The van der Waals surface area contributed by atoms with E-state index in [0.29, 0.717) is 11.3 Å². The molecule has 0 unspecified atom stereocenters. The lowest BCUT2D eigenvalue weighted by Crippen LogP contribution is -2.04. The Morgan fingerprint density at radius 3 is 2.32 bits per heavy atom. The molecule has 0 saturated carbocycles. The Morgan fingerprint density at radius 2 is 1.82 bits per heavy atom. The number of allylic oxidation sites excluding steroid dienone is 2. The Hall–Kier alpha value is -2.44. The molecule has 0 amide bonds. The first kappa shape index (κ1) is 15.9. The maximum Gasteiger partial charge on any atom is 0.416 e. The van der Waals surface area contributed by atoms with Gasteiger partial charge in [-0.3, -0.25) is 4.99 Å². The monoisotopic (exact) mass is 309 g/mol. The fourth-order valence-corrected chi connectivity index (χ4v) is 1.75. The molecule has 1 aromatic heterocycles. The third-order valence-corrected chi connectivity index (χ3v) is 2.78. The largest absolute Gasteiger partial charge is 0.416 e. The zero-order valence-electron chi connectivity index (χ0n) is 12.3. The number of hydrogen-bond donors (Lipinski definition) is 0. The van der Waals surface area contributed by atoms with Crippen LogP contribution in [0.1, 0.15) is 25.3 Å². The minimum absolute atomic E-state index is 0.215. The smallest absolute Gasteiger partial charge is 0.332 e. The Labute approximate surface area is 125 Å². The van der Waals surface area contributed by atoms with Crippen molar-refractivity contribution >= 4 is 5.71 Å². The van der Waals surface area contributed by atoms with E-state index in [1.54, 1.807) is 13.1 Å². The van der Waals surface area contributed by atoms with Gasteiger partial charge in [-0.1, -0.05) is 22.9 Å². The summed E-state index contributed by atoms with van der Waals surface area (Å²) in [7, 11) is 1.59. The Morgan fingerprint density at radius 1 is 1.18 bits per heavy atom. The second-order valence-electron chi connectivity index (χ2n) is 4.83. The van der Waals surface area contributed by atoms with Gasteiger partial charge in [0.2, 0.25) is 5.82 Å². The van der Waals surface area contributed by atoms with Crippen molar-refractivity contribution in [3.63, 3.8) is 0 Å². The molecule has 2 aromatic rings. The Kier molecular flexibility index (Phi) is 4.44. The van der Waals surface area contributed by atoms with Crippen LogP contribution in [0.4, 0.5) is 13.2 Å². The normalized spacial score (nSPS) is 12.4. The summed E-state index contributed by atoms with van der Waals surface area (Å²) in [5, 5.41) is 3.78. The third kappa shape index (κ3) is 3.60. The lowest BCUT2D eigenvalue weighted by molar-refractivity contribution is -0.137. The van der Waals surface area contributed by atoms with E-state index in [9.17, 15) is 13.2 Å². The maximum absolute atomic E-state index is 12.5. The first-order chi connectivity index (χ1) is 10.3. The molecule has 2 rings (SSSR count). The Balaban J connectivity index is 2.30. The van der Waals surface area contributed by atoms with Gasteiger partial charge >= 0.3 is 6.18 Å².